The summed E-state index contributed by atoms with van der Waals surface area (Å²) in [5.41, 5.74) is 6.54. The zero-order valence-electron chi connectivity index (χ0n) is 20.0. The molecule has 0 saturated carbocycles. The van der Waals surface area contributed by atoms with E-state index in [1.807, 2.05) is 13.8 Å². The summed E-state index contributed by atoms with van der Waals surface area (Å²) in [4.78, 5) is 37.9. The molecule has 9 nitrogen and oxygen atoms in total. The van der Waals surface area contributed by atoms with Crippen molar-refractivity contribution in [2.24, 2.45) is 11.7 Å². The van der Waals surface area contributed by atoms with Crippen LogP contribution in [0.4, 0.5) is 0 Å². The van der Waals surface area contributed by atoms with E-state index in [2.05, 4.69) is 10.6 Å². The summed E-state index contributed by atoms with van der Waals surface area (Å²) in [6.07, 6.45) is 0.295. The molecule has 0 fully saturated rings. The van der Waals surface area contributed by atoms with E-state index in [0.717, 1.165) is 0 Å². The Morgan fingerprint density at radius 3 is 2.26 bits per heavy atom. The van der Waals surface area contributed by atoms with Crippen LogP contribution in [0.25, 0.3) is 0 Å². The lowest BCUT2D eigenvalue weighted by molar-refractivity contribution is -0.142. The lowest BCUT2D eigenvalue weighted by Crippen LogP contribution is -2.52. The first-order valence-electron chi connectivity index (χ1n) is 11.3. The van der Waals surface area contributed by atoms with Crippen LogP contribution in [-0.2, 0) is 16.0 Å². The van der Waals surface area contributed by atoms with Crippen molar-refractivity contribution in [2.45, 2.75) is 51.7 Å². The fraction of sp³-hybridized carbons (Fsp3) is 0.400. The lowest BCUT2D eigenvalue weighted by Gasteiger charge is -2.23. The molecule has 190 valence electrons. The molecule has 3 atom stereocenters. The number of aliphatic carboxylic acids is 1. The van der Waals surface area contributed by atoms with Crippen molar-refractivity contribution < 1.29 is 29.3 Å². The molecular formula is C25H32ClN3O6. The molecule has 2 amide bonds. The minimum atomic E-state index is -1.22. The van der Waals surface area contributed by atoms with Crippen LogP contribution in [0.2, 0.25) is 5.02 Å². The number of carboxylic acids is 1. The molecule has 0 aliphatic carbocycles. The average molecular weight is 506 g/mol. The molecule has 0 aromatic heterocycles. The maximum Gasteiger partial charge on any atom is 0.326 e. The molecule has 2 rings (SSSR count). The molecule has 2 aromatic carbocycles. The van der Waals surface area contributed by atoms with Crippen LogP contribution in [0.1, 0.15) is 43.1 Å². The number of aromatic hydroxyl groups is 1. The molecular weight excluding hydrogens is 474 g/mol. The lowest BCUT2D eigenvalue weighted by atomic mass is 10.0. The van der Waals surface area contributed by atoms with Crippen LogP contribution in [0.5, 0.6) is 11.5 Å². The van der Waals surface area contributed by atoms with Crippen molar-refractivity contribution in [2.75, 3.05) is 6.61 Å². The molecule has 35 heavy (non-hydrogen) atoms. The predicted octanol–water partition coefficient (Wildman–Crippen LogP) is 2.73. The zero-order valence-corrected chi connectivity index (χ0v) is 20.7. The average Bonchev–Trinajstić information content (AvgIpc) is 2.77. The van der Waals surface area contributed by atoms with Gasteiger partial charge in [-0.25, -0.2) is 4.79 Å². The number of amides is 2. The maximum absolute atomic E-state index is 13.1. The van der Waals surface area contributed by atoms with Gasteiger partial charge in [0.25, 0.3) is 5.91 Å². The number of nitrogens with two attached hydrogens (primary N) is 1. The van der Waals surface area contributed by atoms with E-state index >= 15 is 0 Å². The number of hydrogen-bond acceptors (Lipinski definition) is 6. The monoisotopic (exact) mass is 505 g/mol. The number of rotatable bonds is 12. The van der Waals surface area contributed by atoms with Gasteiger partial charge in [-0.05, 0) is 55.2 Å². The minimum absolute atomic E-state index is 0.0101. The van der Waals surface area contributed by atoms with Crippen molar-refractivity contribution in [1.82, 2.24) is 10.6 Å². The number of benzene rings is 2. The molecule has 0 heterocycles. The molecule has 0 aliphatic rings. The molecule has 2 aromatic rings. The van der Waals surface area contributed by atoms with Crippen molar-refractivity contribution in [3.05, 3.63) is 58.6 Å². The van der Waals surface area contributed by atoms with Crippen LogP contribution >= 0.6 is 11.6 Å². The number of carboxylic acid groups (broad SMARTS) is 1. The Morgan fingerprint density at radius 1 is 1.03 bits per heavy atom. The van der Waals surface area contributed by atoms with Gasteiger partial charge in [0.1, 0.15) is 30.2 Å². The van der Waals surface area contributed by atoms with E-state index in [4.69, 9.17) is 22.1 Å². The number of ether oxygens (including phenoxy) is 1. The summed E-state index contributed by atoms with van der Waals surface area (Å²) < 4.78 is 5.63. The van der Waals surface area contributed by atoms with Gasteiger partial charge in [-0.1, -0.05) is 37.6 Å². The van der Waals surface area contributed by atoms with Gasteiger partial charge in [0.15, 0.2) is 0 Å². The summed E-state index contributed by atoms with van der Waals surface area (Å²) in [5.74, 6) is -2.09. The molecule has 0 saturated heterocycles. The number of hydrogen-bond donors (Lipinski definition) is 5. The summed E-state index contributed by atoms with van der Waals surface area (Å²) in [7, 11) is 0. The third-order valence-electron chi connectivity index (χ3n) is 5.01. The standard InChI is InChI=1S/C25H32ClN3O6/c1-14(2)10-20(24(32)29-21(25(33)34)11-16-4-7-18(30)8-5-16)28-23(31)19-9-6-17(26)12-22(19)35-13-15(3)27/h4-9,12,14-15,20-21,30H,10-11,13,27H2,1-3H3,(H,28,31)(H,29,32)(H,33,34)/t15-,20+,21+/m1/s1. The topological polar surface area (TPSA) is 151 Å². The number of phenols is 1. The highest BCUT2D eigenvalue weighted by Gasteiger charge is 2.28. The Hall–Kier alpha value is -3.30. The number of phenolic OH excluding ortho intramolecular Hbond substituents is 1. The van der Waals surface area contributed by atoms with Crippen LogP contribution in [0.3, 0.4) is 0 Å². The quantitative estimate of drug-likeness (QED) is 0.297. The largest absolute Gasteiger partial charge is 0.508 e. The van der Waals surface area contributed by atoms with E-state index in [0.29, 0.717) is 10.6 Å². The van der Waals surface area contributed by atoms with Crippen LogP contribution in [-0.4, -0.2) is 52.7 Å². The highest BCUT2D eigenvalue weighted by atomic mass is 35.5. The number of carbonyl (C=O) groups excluding carboxylic acids is 2. The number of carbonyl (C=O) groups is 3. The molecule has 0 radical (unpaired) electrons. The maximum atomic E-state index is 13.1. The fourth-order valence-electron chi connectivity index (χ4n) is 3.30. The van der Waals surface area contributed by atoms with Gasteiger partial charge in [-0.2, -0.15) is 0 Å². The first-order valence-corrected chi connectivity index (χ1v) is 11.6. The predicted molar refractivity (Wildman–Crippen MR) is 133 cm³/mol. The zero-order chi connectivity index (χ0) is 26.1. The van der Waals surface area contributed by atoms with Gasteiger partial charge in [-0.15, -0.1) is 0 Å². The van der Waals surface area contributed by atoms with E-state index in [1.54, 1.807) is 19.1 Å². The van der Waals surface area contributed by atoms with Gasteiger partial charge in [0.2, 0.25) is 5.91 Å². The summed E-state index contributed by atoms with van der Waals surface area (Å²) in [6.45, 7) is 5.69. The first-order chi connectivity index (χ1) is 16.5. The second kappa shape index (κ2) is 13.0. The molecule has 0 aliphatic heterocycles. The van der Waals surface area contributed by atoms with E-state index in [9.17, 15) is 24.6 Å². The van der Waals surface area contributed by atoms with Crippen LogP contribution < -0.4 is 21.1 Å². The normalized spacial score (nSPS) is 13.5. The Labute approximate surface area is 209 Å². The van der Waals surface area contributed by atoms with E-state index in [1.165, 1.54) is 30.3 Å². The van der Waals surface area contributed by atoms with Crippen molar-refractivity contribution in [1.29, 1.82) is 0 Å². The molecule has 0 bridgehead atoms. The molecule has 0 spiro atoms. The van der Waals surface area contributed by atoms with Crippen molar-refractivity contribution >= 4 is 29.4 Å². The third kappa shape index (κ3) is 9.11. The van der Waals surface area contributed by atoms with E-state index < -0.39 is 29.9 Å². The van der Waals surface area contributed by atoms with Gasteiger partial charge < -0.3 is 31.3 Å². The third-order valence-corrected chi connectivity index (χ3v) is 5.24. The van der Waals surface area contributed by atoms with Crippen molar-refractivity contribution in [3.63, 3.8) is 0 Å². The van der Waals surface area contributed by atoms with Gasteiger partial charge >= 0.3 is 5.97 Å². The highest BCUT2D eigenvalue weighted by molar-refractivity contribution is 6.30. The van der Waals surface area contributed by atoms with Crippen LogP contribution in [0.15, 0.2) is 42.5 Å². The van der Waals surface area contributed by atoms with Gasteiger partial charge in [0.05, 0.1) is 5.56 Å². The molecule has 10 heteroatoms. The first kappa shape index (κ1) is 27.9. The SMILES string of the molecule is CC(C)C[C@H](NC(=O)c1ccc(Cl)cc1OC[C@@H](C)N)C(=O)N[C@@H](Cc1ccc(O)cc1)C(=O)O. The number of nitrogens with one attached hydrogen (secondary N) is 2. The summed E-state index contributed by atoms with van der Waals surface area (Å²) in [5, 5.41) is 24.7. The summed E-state index contributed by atoms with van der Waals surface area (Å²) >= 11 is 6.05. The second-order valence-electron chi connectivity index (χ2n) is 8.85. The number of halogens is 1. The van der Waals surface area contributed by atoms with E-state index in [-0.39, 0.29) is 48.5 Å². The summed E-state index contributed by atoms with van der Waals surface area (Å²) in [6, 6.07) is 8.07. The molecule has 0 unspecified atom stereocenters. The second-order valence-corrected chi connectivity index (χ2v) is 9.29. The fourth-order valence-corrected chi connectivity index (χ4v) is 3.47. The molecule has 6 N–H and O–H groups in total. The Kier molecular flexibility index (Phi) is 10.4. The minimum Gasteiger partial charge on any atom is -0.508 e. The van der Waals surface area contributed by atoms with Gasteiger partial charge in [-0.3, -0.25) is 9.59 Å². The van der Waals surface area contributed by atoms with Crippen LogP contribution in [0, 0.1) is 5.92 Å². The Balaban J connectivity index is 2.19. The smallest absolute Gasteiger partial charge is 0.326 e. The van der Waals surface area contributed by atoms with Crippen molar-refractivity contribution in [3.8, 4) is 11.5 Å². The Bertz CT molecular complexity index is 1030. The van der Waals surface area contributed by atoms with Gasteiger partial charge in [0, 0.05) is 17.5 Å². The Morgan fingerprint density at radius 2 is 1.69 bits per heavy atom. The highest BCUT2D eigenvalue weighted by Crippen LogP contribution is 2.24.